The minimum atomic E-state index is -3.63. The van der Waals surface area contributed by atoms with Crippen molar-refractivity contribution in [2.75, 3.05) is 13.2 Å². The van der Waals surface area contributed by atoms with Crippen LogP contribution >= 0.6 is 0 Å². The summed E-state index contributed by atoms with van der Waals surface area (Å²) in [5.41, 5.74) is 0. The standard InChI is InChI=1S/C6H8F2O3/c7-6(8,5(9)10)4-1-2-11-3-4/h4H,1-3H2,(H,9,10). The van der Waals surface area contributed by atoms with Gasteiger partial charge in [0.05, 0.1) is 12.5 Å². The highest BCUT2D eigenvalue weighted by Gasteiger charge is 2.48. The van der Waals surface area contributed by atoms with Gasteiger partial charge < -0.3 is 9.84 Å². The molecule has 1 saturated heterocycles. The number of rotatable bonds is 2. The second kappa shape index (κ2) is 2.73. The highest BCUT2D eigenvalue weighted by atomic mass is 19.3. The Hall–Kier alpha value is -0.710. The largest absolute Gasteiger partial charge is 0.477 e. The van der Waals surface area contributed by atoms with Gasteiger partial charge in [-0.25, -0.2) is 4.79 Å². The maximum Gasteiger partial charge on any atom is 0.374 e. The predicted octanol–water partition coefficient (Wildman–Crippen LogP) is 0.743. The van der Waals surface area contributed by atoms with Crippen LogP contribution in [0.15, 0.2) is 0 Å². The second-order valence-corrected chi connectivity index (χ2v) is 2.49. The normalized spacial score (nSPS) is 25.5. The van der Waals surface area contributed by atoms with Crippen molar-refractivity contribution >= 4 is 5.97 Å². The molecule has 1 atom stereocenters. The lowest BCUT2D eigenvalue weighted by molar-refractivity contribution is -0.173. The number of carbonyl (C=O) groups is 1. The van der Waals surface area contributed by atoms with Crippen molar-refractivity contribution in [3.05, 3.63) is 0 Å². The fourth-order valence-corrected chi connectivity index (χ4v) is 0.995. The lowest BCUT2D eigenvalue weighted by Crippen LogP contribution is -2.37. The van der Waals surface area contributed by atoms with Crippen molar-refractivity contribution in [3.63, 3.8) is 0 Å². The third kappa shape index (κ3) is 1.48. The maximum atomic E-state index is 12.6. The molecule has 1 aliphatic rings. The number of halogens is 2. The molecule has 64 valence electrons. The van der Waals surface area contributed by atoms with Crippen LogP contribution in [-0.4, -0.2) is 30.2 Å². The van der Waals surface area contributed by atoms with Crippen LogP contribution in [0.4, 0.5) is 8.78 Å². The quantitative estimate of drug-likeness (QED) is 0.658. The number of aliphatic carboxylic acids is 1. The molecule has 0 saturated carbocycles. The van der Waals surface area contributed by atoms with Gasteiger partial charge in [0.1, 0.15) is 0 Å². The van der Waals surface area contributed by atoms with Crippen LogP contribution in [-0.2, 0) is 9.53 Å². The minimum absolute atomic E-state index is 0.124. The van der Waals surface area contributed by atoms with E-state index in [1.807, 2.05) is 0 Å². The van der Waals surface area contributed by atoms with Gasteiger partial charge in [-0.15, -0.1) is 0 Å². The summed E-state index contributed by atoms with van der Waals surface area (Å²) in [4.78, 5) is 10.0. The van der Waals surface area contributed by atoms with Crippen molar-refractivity contribution in [2.24, 2.45) is 5.92 Å². The SMILES string of the molecule is O=C(O)C(F)(F)C1CCOC1. The molecule has 0 aromatic heterocycles. The van der Waals surface area contributed by atoms with Crippen LogP contribution < -0.4 is 0 Å². The van der Waals surface area contributed by atoms with E-state index in [2.05, 4.69) is 4.74 Å². The minimum Gasteiger partial charge on any atom is -0.477 e. The molecule has 1 unspecified atom stereocenters. The first-order valence-electron chi connectivity index (χ1n) is 3.24. The predicted molar refractivity (Wildman–Crippen MR) is 31.5 cm³/mol. The Kier molecular flexibility index (Phi) is 2.08. The molecule has 3 nitrogen and oxygen atoms in total. The van der Waals surface area contributed by atoms with E-state index < -0.39 is 17.8 Å². The lowest BCUT2D eigenvalue weighted by atomic mass is 10.0. The monoisotopic (exact) mass is 166 g/mol. The topological polar surface area (TPSA) is 46.5 Å². The molecular weight excluding hydrogens is 158 g/mol. The zero-order valence-corrected chi connectivity index (χ0v) is 5.72. The molecule has 5 heteroatoms. The first-order chi connectivity index (χ1) is 5.05. The van der Waals surface area contributed by atoms with Gasteiger partial charge in [0, 0.05) is 6.61 Å². The van der Waals surface area contributed by atoms with Crippen LogP contribution in [0.3, 0.4) is 0 Å². The van der Waals surface area contributed by atoms with Gasteiger partial charge in [0.25, 0.3) is 0 Å². The van der Waals surface area contributed by atoms with E-state index in [0.717, 1.165) is 0 Å². The van der Waals surface area contributed by atoms with Crippen LogP contribution in [0.1, 0.15) is 6.42 Å². The average Bonchev–Trinajstić information content (AvgIpc) is 2.37. The molecule has 1 heterocycles. The Labute approximate surface area is 62.0 Å². The molecule has 1 N–H and O–H groups in total. The zero-order chi connectivity index (χ0) is 8.48. The third-order valence-corrected chi connectivity index (χ3v) is 1.73. The number of carboxylic acids is 1. The van der Waals surface area contributed by atoms with Gasteiger partial charge >= 0.3 is 11.9 Å². The van der Waals surface area contributed by atoms with Crippen LogP contribution in [0, 0.1) is 5.92 Å². The van der Waals surface area contributed by atoms with Gasteiger partial charge in [0.2, 0.25) is 0 Å². The van der Waals surface area contributed by atoms with Gasteiger partial charge in [-0.05, 0) is 6.42 Å². The van der Waals surface area contributed by atoms with E-state index >= 15 is 0 Å². The first-order valence-corrected chi connectivity index (χ1v) is 3.24. The van der Waals surface area contributed by atoms with Gasteiger partial charge in [-0.2, -0.15) is 8.78 Å². The third-order valence-electron chi connectivity index (χ3n) is 1.73. The molecule has 0 aromatic carbocycles. The Balaban J connectivity index is 2.62. The Morgan fingerprint density at radius 2 is 2.27 bits per heavy atom. The second-order valence-electron chi connectivity index (χ2n) is 2.49. The van der Waals surface area contributed by atoms with Crippen molar-refractivity contribution in [1.29, 1.82) is 0 Å². The number of hydrogen-bond acceptors (Lipinski definition) is 2. The fraction of sp³-hybridized carbons (Fsp3) is 0.833. The number of alkyl halides is 2. The molecule has 0 aromatic rings. The molecule has 11 heavy (non-hydrogen) atoms. The average molecular weight is 166 g/mol. The molecule has 0 bridgehead atoms. The van der Waals surface area contributed by atoms with Crippen molar-refractivity contribution in [3.8, 4) is 0 Å². The van der Waals surface area contributed by atoms with Gasteiger partial charge in [-0.1, -0.05) is 0 Å². The summed E-state index contributed by atoms with van der Waals surface area (Å²) in [6.45, 7) is 0.0762. The number of hydrogen-bond donors (Lipinski definition) is 1. The van der Waals surface area contributed by atoms with E-state index in [-0.39, 0.29) is 19.6 Å². The van der Waals surface area contributed by atoms with E-state index in [1.165, 1.54) is 0 Å². The first kappa shape index (κ1) is 8.39. The molecule has 0 spiro atoms. The summed E-state index contributed by atoms with van der Waals surface area (Å²) in [7, 11) is 0. The molecular formula is C6H8F2O3. The summed E-state index contributed by atoms with van der Waals surface area (Å²) in [6.07, 6.45) is 0.124. The molecule has 0 aliphatic carbocycles. The number of carboxylic acid groups (broad SMARTS) is 1. The Bertz CT molecular complexity index is 163. The van der Waals surface area contributed by atoms with E-state index in [4.69, 9.17) is 5.11 Å². The Morgan fingerprint density at radius 1 is 1.64 bits per heavy atom. The lowest BCUT2D eigenvalue weighted by Gasteiger charge is -2.16. The van der Waals surface area contributed by atoms with Crippen LogP contribution in [0.2, 0.25) is 0 Å². The molecule has 1 rings (SSSR count). The van der Waals surface area contributed by atoms with Gasteiger partial charge in [0.15, 0.2) is 0 Å². The van der Waals surface area contributed by atoms with E-state index in [0.29, 0.717) is 0 Å². The highest BCUT2D eigenvalue weighted by Crippen LogP contribution is 2.31. The van der Waals surface area contributed by atoms with E-state index in [1.54, 1.807) is 0 Å². The van der Waals surface area contributed by atoms with Crippen molar-refractivity contribution < 1.29 is 23.4 Å². The highest BCUT2D eigenvalue weighted by molar-refractivity contribution is 5.75. The summed E-state index contributed by atoms with van der Waals surface area (Å²) in [6, 6.07) is 0. The van der Waals surface area contributed by atoms with Gasteiger partial charge in [-0.3, -0.25) is 0 Å². The maximum absolute atomic E-state index is 12.6. The smallest absolute Gasteiger partial charge is 0.374 e. The molecule has 1 fully saturated rings. The molecule has 1 aliphatic heterocycles. The Morgan fingerprint density at radius 3 is 2.64 bits per heavy atom. The van der Waals surface area contributed by atoms with Crippen molar-refractivity contribution in [2.45, 2.75) is 12.3 Å². The van der Waals surface area contributed by atoms with Crippen LogP contribution in [0.25, 0.3) is 0 Å². The fourth-order valence-electron chi connectivity index (χ4n) is 0.995. The summed E-state index contributed by atoms with van der Waals surface area (Å²) in [5.74, 6) is -6.84. The van der Waals surface area contributed by atoms with Crippen molar-refractivity contribution in [1.82, 2.24) is 0 Å². The van der Waals surface area contributed by atoms with Crippen LogP contribution in [0.5, 0.6) is 0 Å². The summed E-state index contributed by atoms with van der Waals surface area (Å²) >= 11 is 0. The summed E-state index contributed by atoms with van der Waals surface area (Å²) < 4.78 is 29.8. The molecule has 0 amide bonds. The zero-order valence-electron chi connectivity index (χ0n) is 5.72. The summed E-state index contributed by atoms with van der Waals surface area (Å²) in [5, 5.41) is 8.10. The molecule has 0 radical (unpaired) electrons. The number of ether oxygens (including phenoxy) is 1. The van der Waals surface area contributed by atoms with E-state index in [9.17, 15) is 13.6 Å².